The van der Waals surface area contributed by atoms with Crippen LogP contribution in [-0.2, 0) is 0 Å². The number of halogens is 2. The summed E-state index contributed by atoms with van der Waals surface area (Å²) in [5, 5.41) is 15.6. The number of aliphatic hydroxyl groups excluding tert-OH is 1. The lowest BCUT2D eigenvalue weighted by Gasteiger charge is -2.20. The first kappa shape index (κ1) is 19.6. The third-order valence-corrected chi connectivity index (χ3v) is 4.16. The summed E-state index contributed by atoms with van der Waals surface area (Å²) in [6.45, 7) is 3.86. The van der Waals surface area contributed by atoms with Crippen LogP contribution in [0.2, 0.25) is 0 Å². The summed E-state index contributed by atoms with van der Waals surface area (Å²) >= 11 is 0. The molecule has 0 spiro atoms. The minimum absolute atomic E-state index is 0.0826. The number of pyridine rings is 1. The van der Waals surface area contributed by atoms with Crippen molar-refractivity contribution < 1.29 is 13.9 Å². The standard InChI is InChI=1S/C20H21F2N5O/c1-12(2)18(11-28)26-20-25-17(16-5-3-4-8-23-16)10-19(27-20)24-13-6-7-14(21)15(22)9-13/h3-10,12,18,28H,11H2,1-2H3,(H2,24,25,26,27)/t18-/m1/s1. The van der Waals surface area contributed by atoms with Crippen molar-refractivity contribution in [2.24, 2.45) is 5.92 Å². The Morgan fingerprint density at radius 2 is 1.82 bits per heavy atom. The van der Waals surface area contributed by atoms with Crippen molar-refractivity contribution in [3.05, 3.63) is 60.3 Å². The molecule has 0 bridgehead atoms. The fourth-order valence-electron chi connectivity index (χ4n) is 2.53. The molecule has 0 saturated carbocycles. The van der Waals surface area contributed by atoms with Crippen LogP contribution in [-0.4, -0.2) is 32.7 Å². The third kappa shape index (κ3) is 4.77. The highest BCUT2D eigenvalue weighted by Crippen LogP contribution is 2.24. The molecular weight excluding hydrogens is 364 g/mol. The van der Waals surface area contributed by atoms with Crippen LogP contribution in [0.5, 0.6) is 0 Å². The number of anilines is 3. The number of hydrogen-bond donors (Lipinski definition) is 3. The molecule has 0 radical (unpaired) electrons. The van der Waals surface area contributed by atoms with Gasteiger partial charge in [0.15, 0.2) is 11.6 Å². The highest BCUT2D eigenvalue weighted by atomic mass is 19.2. The van der Waals surface area contributed by atoms with Gasteiger partial charge in [-0.3, -0.25) is 4.98 Å². The average molecular weight is 385 g/mol. The average Bonchev–Trinajstić information content (AvgIpc) is 2.69. The van der Waals surface area contributed by atoms with Crippen LogP contribution in [0.1, 0.15) is 13.8 Å². The molecule has 3 N–H and O–H groups in total. The van der Waals surface area contributed by atoms with E-state index >= 15 is 0 Å². The minimum Gasteiger partial charge on any atom is -0.394 e. The van der Waals surface area contributed by atoms with Gasteiger partial charge in [-0.2, -0.15) is 4.98 Å². The zero-order valence-corrected chi connectivity index (χ0v) is 15.5. The molecule has 6 nitrogen and oxygen atoms in total. The molecule has 3 aromatic rings. The van der Waals surface area contributed by atoms with Crippen molar-refractivity contribution in [3.63, 3.8) is 0 Å². The largest absolute Gasteiger partial charge is 0.394 e. The SMILES string of the molecule is CC(C)[C@@H](CO)Nc1nc(Nc2ccc(F)c(F)c2)cc(-c2ccccn2)n1. The van der Waals surface area contributed by atoms with E-state index in [-0.39, 0.29) is 18.6 Å². The Hall–Kier alpha value is -3.13. The van der Waals surface area contributed by atoms with Gasteiger partial charge in [-0.1, -0.05) is 19.9 Å². The lowest BCUT2D eigenvalue weighted by Crippen LogP contribution is -2.30. The third-order valence-electron chi connectivity index (χ3n) is 4.16. The van der Waals surface area contributed by atoms with Crippen molar-refractivity contribution in [2.75, 3.05) is 17.2 Å². The van der Waals surface area contributed by atoms with Crippen LogP contribution < -0.4 is 10.6 Å². The first-order chi connectivity index (χ1) is 13.5. The summed E-state index contributed by atoms with van der Waals surface area (Å²) < 4.78 is 26.7. The molecule has 2 aromatic heterocycles. The number of aromatic nitrogens is 3. The Balaban J connectivity index is 1.97. The number of benzene rings is 1. The summed E-state index contributed by atoms with van der Waals surface area (Å²) in [6.07, 6.45) is 1.65. The van der Waals surface area contributed by atoms with E-state index in [2.05, 4.69) is 25.6 Å². The Labute approximate surface area is 161 Å². The molecule has 0 amide bonds. The second-order valence-electron chi connectivity index (χ2n) is 6.61. The second kappa shape index (κ2) is 8.71. The number of nitrogens with one attached hydrogen (secondary N) is 2. The van der Waals surface area contributed by atoms with Crippen molar-refractivity contribution in [1.82, 2.24) is 15.0 Å². The van der Waals surface area contributed by atoms with E-state index in [0.717, 1.165) is 12.1 Å². The fraction of sp³-hybridized carbons (Fsp3) is 0.250. The topological polar surface area (TPSA) is 83.0 Å². The second-order valence-corrected chi connectivity index (χ2v) is 6.61. The first-order valence-corrected chi connectivity index (χ1v) is 8.86. The molecule has 1 aromatic carbocycles. The van der Waals surface area contributed by atoms with Gasteiger partial charge in [-0.05, 0) is 30.2 Å². The molecule has 0 aliphatic heterocycles. The van der Waals surface area contributed by atoms with Crippen LogP contribution in [0.15, 0.2) is 48.7 Å². The predicted molar refractivity (Wildman–Crippen MR) is 104 cm³/mol. The quantitative estimate of drug-likeness (QED) is 0.570. The van der Waals surface area contributed by atoms with Gasteiger partial charge >= 0.3 is 0 Å². The lowest BCUT2D eigenvalue weighted by molar-refractivity contribution is 0.248. The van der Waals surface area contributed by atoms with E-state index in [1.54, 1.807) is 24.4 Å². The lowest BCUT2D eigenvalue weighted by atomic mass is 10.1. The first-order valence-electron chi connectivity index (χ1n) is 8.86. The molecule has 2 heterocycles. The number of nitrogens with zero attached hydrogens (tertiary/aromatic N) is 3. The van der Waals surface area contributed by atoms with Gasteiger partial charge in [0.1, 0.15) is 5.82 Å². The van der Waals surface area contributed by atoms with Gasteiger partial charge in [0, 0.05) is 24.0 Å². The van der Waals surface area contributed by atoms with Crippen LogP contribution in [0.25, 0.3) is 11.4 Å². The van der Waals surface area contributed by atoms with Crippen molar-refractivity contribution in [1.29, 1.82) is 0 Å². The maximum atomic E-state index is 13.5. The summed E-state index contributed by atoms with van der Waals surface area (Å²) in [7, 11) is 0. The highest BCUT2D eigenvalue weighted by Gasteiger charge is 2.15. The Bertz CT molecular complexity index is 937. The minimum atomic E-state index is -0.956. The van der Waals surface area contributed by atoms with E-state index < -0.39 is 11.6 Å². The monoisotopic (exact) mass is 385 g/mol. The van der Waals surface area contributed by atoms with Crippen LogP contribution in [0.4, 0.5) is 26.2 Å². The van der Waals surface area contributed by atoms with Crippen molar-refractivity contribution in [2.45, 2.75) is 19.9 Å². The molecule has 0 aliphatic rings. The summed E-state index contributed by atoms with van der Waals surface area (Å²) in [4.78, 5) is 13.2. The van der Waals surface area contributed by atoms with E-state index in [9.17, 15) is 13.9 Å². The van der Waals surface area contributed by atoms with Crippen LogP contribution in [0.3, 0.4) is 0 Å². The molecule has 0 saturated heterocycles. The Kier molecular flexibility index (Phi) is 6.10. The van der Waals surface area contributed by atoms with Gasteiger partial charge < -0.3 is 15.7 Å². The van der Waals surface area contributed by atoms with Gasteiger partial charge in [0.25, 0.3) is 0 Å². The maximum Gasteiger partial charge on any atom is 0.225 e. The van der Waals surface area contributed by atoms with Gasteiger partial charge in [0.2, 0.25) is 5.95 Å². The molecule has 0 unspecified atom stereocenters. The van der Waals surface area contributed by atoms with Gasteiger partial charge in [0.05, 0.1) is 24.0 Å². The van der Waals surface area contributed by atoms with Crippen molar-refractivity contribution >= 4 is 17.5 Å². The van der Waals surface area contributed by atoms with Gasteiger partial charge in [-0.25, -0.2) is 13.8 Å². The van der Waals surface area contributed by atoms with E-state index in [1.807, 2.05) is 19.9 Å². The normalized spacial score (nSPS) is 12.1. The molecule has 8 heteroatoms. The number of hydrogen-bond acceptors (Lipinski definition) is 6. The van der Waals surface area contributed by atoms with Crippen LogP contribution >= 0.6 is 0 Å². The number of aliphatic hydroxyl groups is 1. The Morgan fingerprint density at radius 1 is 1.00 bits per heavy atom. The summed E-state index contributed by atoms with van der Waals surface area (Å²) in [5.41, 5.74) is 1.52. The number of rotatable bonds is 7. The molecule has 0 aliphatic carbocycles. The van der Waals surface area contributed by atoms with E-state index in [1.165, 1.54) is 6.07 Å². The predicted octanol–water partition coefficient (Wildman–Crippen LogP) is 3.99. The maximum absolute atomic E-state index is 13.5. The summed E-state index contributed by atoms with van der Waals surface area (Å²) in [6, 6.07) is 10.4. The Morgan fingerprint density at radius 3 is 2.46 bits per heavy atom. The fourth-order valence-corrected chi connectivity index (χ4v) is 2.53. The zero-order valence-electron chi connectivity index (χ0n) is 15.5. The van der Waals surface area contributed by atoms with E-state index in [0.29, 0.717) is 28.8 Å². The molecular formula is C20H21F2N5O. The molecule has 28 heavy (non-hydrogen) atoms. The molecule has 146 valence electrons. The van der Waals surface area contributed by atoms with E-state index in [4.69, 9.17) is 0 Å². The van der Waals surface area contributed by atoms with Crippen molar-refractivity contribution in [3.8, 4) is 11.4 Å². The highest BCUT2D eigenvalue weighted by molar-refractivity contribution is 5.65. The molecule has 1 atom stereocenters. The summed E-state index contributed by atoms with van der Waals surface area (Å²) in [5.74, 6) is -1.06. The molecule has 3 rings (SSSR count). The smallest absolute Gasteiger partial charge is 0.225 e. The zero-order chi connectivity index (χ0) is 20.1. The van der Waals surface area contributed by atoms with Gasteiger partial charge in [-0.15, -0.1) is 0 Å². The molecule has 0 fully saturated rings. The van der Waals surface area contributed by atoms with Crippen LogP contribution in [0, 0.1) is 17.6 Å².